The van der Waals surface area contributed by atoms with Gasteiger partial charge in [0.05, 0.1) is 17.3 Å². The first-order valence-corrected chi connectivity index (χ1v) is 5.47. The Balaban J connectivity index is 1.86. The molecule has 0 aliphatic rings. The molecule has 3 aromatic rings. The van der Waals surface area contributed by atoms with Gasteiger partial charge in [0.15, 0.2) is 0 Å². The molecule has 0 aliphatic carbocycles. The van der Waals surface area contributed by atoms with Crippen LogP contribution in [0.25, 0.3) is 10.9 Å². The molecule has 0 aliphatic heterocycles. The molecule has 18 heavy (non-hydrogen) atoms. The van der Waals surface area contributed by atoms with E-state index in [1.165, 1.54) is 6.20 Å². The van der Waals surface area contributed by atoms with Crippen molar-refractivity contribution in [3.63, 3.8) is 0 Å². The average Bonchev–Trinajstić information content (AvgIpc) is 2.87. The Bertz CT molecular complexity index is 690. The minimum Gasteiger partial charge on any atom is -0.322 e. The summed E-state index contributed by atoms with van der Waals surface area (Å²) in [5.41, 5.74) is 2.14. The SMILES string of the molecule is O=C(Nc1ccc2cn[nH]c2c1)c1cccnc1. The summed E-state index contributed by atoms with van der Waals surface area (Å²) in [5.74, 6) is -0.179. The maximum atomic E-state index is 11.9. The van der Waals surface area contributed by atoms with Crippen molar-refractivity contribution in [2.75, 3.05) is 5.32 Å². The van der Waals surface area contributed by atoms with E-state index in [0.717, 1.165) is 16.6 Å². The molecule has 0 fully saturated rings. The molecule has 0 bridgehead atoms. The molecule has 0 spiro atoms. The van der Waals surface area contributed by atoms with Gasteiger partial charge in [-0.2, -0.15) is 5.10 Å². The van der Waals surface area contributed by atoms with Crippen molar-refractivity contribution in [2.24, 2.45) is 0 Å². The van der Waals surface area contributed by atoms with E-state index in [1.807, 2.05) is 18.2 Å². The van der Waals surface area contributed by atoms with Crippen molar-refractivity contribution >= 4 is 22.5 Å². The lowest BCUT2D eigenvalue weighted by Gasteiger charge is -2.04. The summed E-state index contributed by atoms with van der Waals surface area (Å²) in [6.07, 6.45) is 4.90. The second kappa shape index (κ2) is 4.29. The molecule has 2 heterocycles. The fourth-order valence-electron chi connectivity index (χ4n) is 1.72. The van der Waals surface area contributed by atoms with Crippen LogP contribution in [0.4, 0.5) is 5.69 Å². The van der Waals surface area contributed by atoms with E-state index in [1.54, 1.807) is 24.5 Å². The number of anilines is 1. The van der Waals surface area contributed by atoms with Crippen LogP contribution in [-0.2, 0) is 0 Å². The Kier molecular flexibility index (Phi) is 2.49. The maximum Gasteiger partial charge on any atom is 0.257 e. The summed E-state index contributed by atoms with van der Waals surface area (Å²) in [6.45, 7) is 0. The molecule has 0 atom stereocenters. The number of rotatable bonds is 2. The molecule has 1 amide bonds. The van der Waals surface area contributed by atoms with Gasteiger partial charge in [0, 0.05) is 23.5 Å². The number of aromatic amines is 1. The van der Waals surface area contributed by atoms with Crippen LogP contribution < -0.4 is 5.32 Å². The Hall–Kier alpha value is -2.69. The number of amides is 1. The van der Waals surface area contributed by atoms with Crippen molar-refractivity contribution in [3.8, 4) is 0 Å². The number of nitrogens with one attached hydrogen (secondary N) is 2. The van der Waals surface area contributed by atoms with Crippen LogP contribution >= 0.6 is 0 Å². The van der Waals surface area contributed by atoms with E-state index in [9.17, 15) is 4.79 Å². The highest BCUT2D eigenvalue weighted by molar-refractivity contribution is 6.04. The maximum absolute atomic E-state index is 11.9. The number of nitrogens with zero attached hydrogens (tertiary/aromatic N) is 2. The molecular weight excluding hydrogens is 228 g/mol. The van der Waals surface area contributed by atoms with Gasteiger partial charge in [-0.1, -0.05) is 0 Å². The molecule has 0 radical (unpaired) electrons. The van der Waals surface area contributed by atoms with Gasteiger partial charge >= 0.3 is 0 Å². The lowest BCUT2D eigenvalue weighted by molar-refractivity contribution is 0.102. The van der Waals surface area contributed by atoms with Crippen LogP contribution in [0.3, 0.4) is 0 Å². The zero-order valence-electron chi connectivity index (χ0n) is 9.42. The first-order chi connectivity index (χ1) is 8.83. The van der Waals surface area contributed by atoms with Crippen molar-refractivity contribution < 1.29 is 4.79 Å². The Labute approximate surface area is 103 Å². The Morgan fingerprint density at radius 3 is 3.00 bits per heavy atom. The molecule has 5 nitrogen and oxygen atoms in total. The average molecular weight is 238 g/mol. The van der Waals surface area contributed by atoms with Crippen LogP contribution in [0.2, 0.25) is 0 Å². The van der Waals surface area contributed by atoms with Crippen molar-refractivity contribution in [3.05, 3.63) is 54.5 Å². The van der Waals surface area contributed by atoms with Crippen LogP contribution in [0.15, 0.2) is 48.9 Å². The molecule has 0 unspecified atom stereocenters. The number of pyridine rings is 1. The van der Waals surface area contributed by atoms with Crippen LogP contribution in [-0.4, -0.2) is 21.1 Å². The van der Waals surface area contributed by atoms with Crippen molar-refractivity contribution in [1.29, 1.82) is 0 Å². The second-order valence-corrected chi connectivity index (χ2v) is 3.87. The van der Waals surface area contributed by atoms with Gasteiger partial charge in [0.25, 0.3) is 5.91 Å². The Morgan fingerprint density at radius 1 is 1.22 bits per heavy atom. The monoisotopic (exact) mass is 238 g/mol. The number of aromatic nitrogens is 3. The number of benzene rings is 1. The first kappa shape index (κ1) is 10.5. The van der Waals surface area contributed by atoms with E-state index >= 15 is 0 Å². The van der Waals surface area contributed by atoms with Gasteiger partial charge < -0.3 is 5.32 Å². The zero-order chi connectivity index (χ0) is 12.4. The van der Waals surface area contributed by atoms with E-state index in [-0.39, 0.29) is 5.91 Å². The van der Waals surface area contributed by atoms with Gasteiger partial charge in [-0.05, 0) is 30.3 Å². The minimum absolute atomic E-state index is 0.179. The van der Waals surface area contributed by atoms with E-state index in [4.69, 9.17) is 0 Å². The van der Waals surface area contributed by atoms with Gasteiger partial charge in [0.1, 0.15) is 0 Å². The van der Waals surface area contributed by atoms with Crippen LogP contribution in [0.1, 0.15) is 10.4 Å². The first-order valence-electron chi connectivity index (χ1n) is 5.47. The van der Waals surface area contributed by atoms with Gasteiger partial charge in [-0.15, -0.1) is 0 Å². The topological polar surface area (TPSA) is 70.7 Å². The largest absolute Gasteiger partial charge is 0.322 e. The van der Waals surface area contributed by atoms with Crippen LogP contribution in [0, 0.1) is 0 Å². The van der Waals surface area contributed by atoms with Gasteiger partial charge in [-0.3, -0.25) is 14.9 Å². The minimum atomic E-state index is -0.179. The smallest absolute Gasteiger partial charge is 0.257 e. The predicted molar refractivity (Wildman–Crippen MR) is 68.3 cm³/mol. The van der Waals surface area contributed by atoms with Crippen LogP contribution in [0.5, 0.6) is 0 Å². The second-order valence-electron chi connectivity index (χ2n) is 3.87. The summed E-state index contributed by atoms with van der Waals surface area (Å²) in [4.78, 5) is 15.8. The number of fused-ring (bicyclic) bond motifs is 1. The lowest BCUT2D eigenvalue weighted by Crippen LogP contribution is -2.11. The van der Waals surface area contributed by atoms with E-state index < -0.39 is 0 Å². The predicted octanol–water partition coefficient (Wildman–Crippen LogP) is 2.21. The molecule has 2 aromatic heterocycles. The number of carbonyl (C=O) groups excluding carboxylic acids is 1. The highest BCUT2D eigenvalue weighted by Gasteiger charge is 2.06. The van der Waals surface area contributed by atoms with Crippen molar-refractivity contribution in [1.82, 2.24) is 15.2 Å². The molecule has 0 saturated carbocycles. The highest BCUT2D eigenvalue weighted by Crippen LogP contribution is 2.17. The molecule has 2 N–H and O–H groups in total. The molecule has 5 heteroatoms. The molecule has 0 saturated heterocycles. The van der Waals surface area contributed by atoms with E-state index in [2.05, 4.69) is 20.5 Å². The summed E-state index contributed by atoms with van der Waals surface area (Å²) >= 11 is 0. The number of hydrogen-bond donors (Lipinski definition) is 2. The van der Waals surface area contributed by atoms with Gasteiger partial charge in [0.2, 0.25) is 0 Å². The standard InChI is InChI=1S/C13H10N4O/c18-13(10-2-1-5-14-7-10)16-11-4-3-9-8-15-17-12(9)6-11/h1-8H,(H,15,17)(H,16,18). The summed E-state index contributed by atoms with van der Waals surface area (Å²) < 4.78 is 0. The molecular formula is C13H10N4O. The Morgan fingerprint density at radius 2 is 2.17 bits per heavy atom. The number of H-pyrrole nitrogens is 1. The third-order valence-corrected chi connectivity index (χ3v) is 2.62. The summed E-state index contributed by atoms with van der Waals surface area (Å²) in [6, 6.07) is 9.03. The fourth-order valence-corrected chi connectivity index (χ4v) is 1.72. The highest BCUT2D eigenvalue weighted by atomic mass is 16.1. The normalized spacial score (nSPS) is 10.4. The third-order valence-electron chi connectivity index (χ3n) is 2.62. The van der Waals surface area contributed by atoms with E-state index in [0.29, 0.717) is 5.56 Å². The number of carbonyl (C=O) groups is 1. The lowest BCUT2D eigenvalue weighted by atomic mass is 10.2. The molecule has 3 rings (SSSR count). The third kappa shape index (κ3) is 1.93. The molecule has 88 valence electrons. The fraction of sp³-hybridized carbons (Fsp3) is 0. The van der Waals surface area contributed by atoms with Crippen molar-refractivity contribution in [2.45, 2.75) is 0 Å². The molecule has 1 aromatic carbocycles. The summed E-state index contributed by atoms with van der Waals surface area (Å²) in [7, 11) is 0. The quantitative estimate of drug-likeness (QED) is 0.719. The zero-order valence-corrected chi connectivity index (χ0v) is 9.42. The summed E-state index contributed by atoms with van der Waals surface area (Å²) in [5, 5.41) is 10.6. The van der Waals surface area contributed by atoms with Gasteiger partial charge in [-0.25, -0.2) is 0 Å². The number of hydrogen-bond acceptors (Lipinski definition) is 3.